The Morgan fingerprint density at radius 2 is 2.00 bits per heavy atom. The second-order valence-corrected chi connectivity index (χ2v) is 5.75. The molecule has 0 fully saturated rings. The van der Waals surface area contributed by atoms with E-state index in [9.17, 15) is 18.6 Å². The number of nitrogens with zero attached hydrogens (tertiary/aromatic N) is 1. The molecule has 0 bridgehead atoms. The number of sulfonamides is 1. The number of hydrogen-bond donors (Lipinski definition) is 4. The molecule has 0 aliphatic carbocycles. The number of rotatable bonds is 7. The molecule has 0 aliphatic rings. The topological polar surface area (TPSA) is 115 Å². The van der Waals surface area contributed by atoms with E-state index in [0.717, 1.165) is 0 Å². The van der Waals surface area contributed by atoms with Gasteiger partial charge in [-0.2, -0.15) is 4.72 Å². The van der Waals surface area contributed by atoms with Crippen LogP contribution < -0.4 is 4.72 Å². The van der Waals surface area contributed by atoms with Crippen LogP contribution in [-0.4, -0.2) is 47.4 Å². The van der Waals surface area contributed by atoms with Crippen LogP contribution in [0.25, 0.3) is 0 Å². The predicted octanol–water partition coefficient (Wildman–Crippen LogP) is -0.616. The van der Waals surface area contributed by atoms with E-state index in [4.69, 9.17) is 0 Å². The average Bonchev–Trinajstić information content (AvgIpc) is 2.85. The summed E-state index contributed by atoms with van der Waals surface area (Å²) >= 11 is 0. The molecule has 0 amide bonds. The Bertz CT molecular complexity index is 471. The van der Waals surface area contributed by atoms with Crippen LogP contribution in [0.4, 0.5) is 0 Å². The van der Waals surface area contributed by atoms with Gasteiger partial charge in [0, 0.05) is 6.42 Å². The maximum absolute atomic E-state index is 12.0. The molecule has 0 spiro atoms. The summed E-state index contributed by atoms with van der Waals surface area (Å²) < 4.78 is 26.4. The maximum Gasteiger partial charge on any atom is 0.258 e. The van der Waals surface area contributed by atoms with Gasteiger partial charge in [0.1, 0.15) is 5.82 Å². The smallest absolute Gasteiger partial charge is 0.258 e. The second-order valence-electron chi connectivity index (χ2n) is 4.10. The molecule has 0 aliphatic heterocycles. The van der Waals surface area contributed by atoms with E-state index in [2.05, 4.69) is 14.7 Å². The lowest BCUT2D eigenvalue weighted by Crippen LogP contribution is -2.53. The van der Waals surface area contributed by atoms with Crippen molar-refractivity contribution in [2.75, 3.05) is 13.2 Å². The van der Waals surface area contributed by atoms with Crippen LogP contribution in [0.5, 0.6) is 0 Å². The van der Waals surface area contributed by atoms with Gasteiger partial charge in [-0.05, 0) is 6.42 Å². The molecule has 0 saturated carbocycles. The SMILES string of the molecule is CCc1ncc(S(=O)(=O)NC(CC)(CO)CO)[nH]1. The summed E-state index contributed by atoms with van der Waals surface area (Å²) in [4.78, 5) is 6.58. The lowest BCUT2D eigenvalue weighted by molar-refractivity contribution is 0.105. The second kappa shape index (κ2) is 5.79. The minimum absolute atomic E-state index is 0.0703. The van der Waals surface area contributed by atoms with Gasteiger partial charge >= 0.3 is 0 Å². The summed E-state index contributed by atoms with van der Waals surface area (Å²) in [6.07, 6.45) is 2.08. The standard InChI is InChI=1S/C10H19N3O4S/c1-3-8-11-5-9(12-8)18(16,17)13-10(4-2,6-14)7-15/h5,13-15H,3-4,6-7H2,1-2H3,(H,11,12). The zero-order valence-corrected chi connectivity index (χ0v) is 11.3. The zero-order valence-electron chi connectivity index (χ0n) is 10.5. The van der Waals surface area contributed by atoms with Crippen molar-refractivity contribution in [2.24, 2.45) is 0 Å². The summed E-state index contributed by atoms with van der Waals surface area (Å²) in [5.41, 5.74) is -1.25. The summed E-state index contributed by atoms with van der Waals surface area (Å²) in [6.45, 7) is 2.57. The molecule has 18 heavy (non-hydrogen) atoms. The number of nitrogens with one attached hydrogen (secondary N) is 2. The van der Waals surface area contributed by atoms with Crippen molar-refractivity contribution in [3.05, 3.63) is 12.0 Å². The number of hydrogen-bond acceptors (Lipinski definition) is 5. The van der Waals surface area contributed by atoms with Gasteiger partial charge in [-0.1, -0.05) is 13.8 Å². The molecular weight excluding hydrogens is 258 g/mol. The maximum atomic E-state index is 12.0. The Kier molecular flexibility index (Phi) is 4.85. The minimum atomic E-state index is -3.83. The molecule has 7 nitrogen and oxygen atoms in total. The lowest BCUT2D eigenvalue weighted by atomic mass is 10.0. The van der Waals surface area contributed by atoms with E-state index >= 15 is 0 Å². The van der Waals surface area contributed by atoms with Gasteiger partial charge in [0.15, 0.2) is 5.03 Å². The number of aromatic nitrogens is 2. The van der Waals surface area contributed by atoms with Gasteiger partial charge in [0.05, 0.1) is 24.9 Å². The van der Waals surface area contributed by atoms with E-state index in [1.54, 1.807) is 6.92 Å². The van der Waals surface area contributed by atoms with E-state index in [1.165, 1.54) is 6.20 Å². The van der Waals surface area contributed by atoms with E-state index in [-0.39, 0.29) is 11.4 Å². The van der Waals surface area contributed by atoms with Gasteiger partial charge in [-0.15, -0.1) is 0 Å². The van der Waals surface area contributed by atoms with E-state index < -0.39 is 28.8 Å². The van der Waals surface area contributed by atoms with E-state index in [0.29, 0.717) is 12.2 Å². The zero-order chi connectivity index (χ0) is 13.8. The Morgan fingerprint density at radius 3 is 2.39 bits per heavy atom. The highest BCUT2D eigenvalue weighted by atomic mass is 32.2. The largest absolute Gasteiger partial charge is 0.394 e. The van der Waals surface area contributed by atoms with Crippen molar-refractivity contribution in [1.82, 2.24) is 14.7 Å². The van der Waals surface area contributed by atoms with Gasteiger partial charge in [-0.3, -0.25) is 0 Å². The molecule has 1 heterocycles. The van der Waals surface area contributed by atoms with Crippen LogP contribution in [0.3, 0.4) is 0 Å². The van der Waals surface area contributed by atoms with Crippen LogP contribution in [0.2, 0.25) is 0 Å². The van der Waals surface area contributed by atoms with Crippen molar-refractivity contribution in [2.45, 2.75) is 37.3 Å². The first-order valence-electron chi connectivity index (χ1n) is 5.72. The normalized spacial score (nSPS) is 12.9. The highest BCUT2D eigenvalue weighted by molar-refractivity contribution is 7.89. The fourth-order valence-electron chi connectivity index (χ4n) is 1.41. The van der Waals surface area contributed by atoms with Crippen LogP contribution in [-0.2, 0) is 16.4 Å². The number of H-pyrrole nitrogens is 1. The summed E-state index contributed by atoms with van der Waals surface area (Å²) in [6, 6.07) is 0. The fourth-order valence-corrected chi connectivity index (χ4v) is 2.81. The molecular formula is C10H19N3O4S. The first-order chi connectivity index (χ1) is 8.43. The number of aliphatic hydroxyl groups excluding tert-OH is 2. The Morgan fingerprint density at radius 1 is 1.39 bits per heavy atom. The molecule has 1 aromatic heterocycles. The van der Waals surface area contributed by atoms with E-state index in [1.807, 2.05) is 6.92 Å². The predicted molar refractivity (Wildman–Crippen MR) is 65.5 cm³/mol. The quantitative estimate of drug-likeness (QED) is 0.530. The van der Waals surface area contributed by atoms with Crippen LogP contribution in [0.15, 0.2) is 11.2 Å². The average molecular weight is 277 g/mol. The monoisotopic (exact) mass is 277 g/mol. The first-order valence-corrected chi connectivity index (χ1v) is 7.21. The number of aryl methyl sites for hydroxylation is 1. The molecule has 8 heteroatoms. The van der Waals surface area contributed by atoms with Crippen molar-refractivity contribution in [3.63, 3.8) is 0 Å². The van der Waals surface area contributed by atoms with Crippen molar-refractivity contribution >= 4 is 10.0 Å². The molecule has 1 aromatic rings. The van der Waals surface area contributed by atoms with Crippen molar-refractivity contribution in [1.29, 1.82) is 0 Å². The molecule has 0 radical (unpaired) electrons. The molecule has 0 unspecified atom stereocenters. The molecule has 1 rings (SSSR count). The van der Waals surface area contributed by atoms with Gasteiger partial charge in [0.2, 0.25) is 0 Å². The molecule has 0 aromatic carbocycles. The number of aliphatic hydroxyl groups is 2. The third-order valence-electron chi connectivity index (χ3n) is 2.86. The highest BCUT2D eigenvalue weighted by Crippen LogP contribution is 2.14. The Balaban J connectivity index is 3.00. The lowest BCUT2D eigenvalue weighted by Gasteiger charge is -2.28. The highest BCUT2D eigenvalue weighted by Gasteiger charge is 2.33. The molecule has 104 valence electrons. The van der Waals surface area contributed by atoms with Gasteiger partial charge in [0.25, 0.3) is 10.0 Å². The van der Waals surface area contributed by atoms with Gasteiger partial charge in [-0.25, -0.2) is 13.4 Å². The van der Waals surface area contributed by atoms with Crippen LogP contribution in [0.1, 0.15) is 26.1 Å². The van der Waals surface area contributed by atoms with Gasteiger partial charge < -0.3 is 15.2 Å². The van der Waals surface area contributed by atoms with Crippen molar-refractivity contribution in [3.8, 4) is 0 Å². The minimum Gasteiger partial charge on any atom is -0.394 e. The first kappa shape index (κ1) is 15.1. The molecule has 0 saturated heterocycles. The van der Waals surface area contributed by atoms with Crippen LogP contribution in [0, 0.1) is 0 Å². The summed E-state index contributed by atoms with van der Waals surface area (Å²) in [7, 11) is -3.83. The summed E-state index contributed by atoms with van der Waals surface area (Å²) in [5.74, 6) is 0.561. The van der Waals surface area contributed by atoms with Crippen molar-refractivity contribution < 1.29 is 18.6 Å². The number of aromatic amines is 1. The van der Waals surface area contributed by atoms with Crippen LogP contribution >= 0.6 is 0 Å². The summed E-state index contributed by atoms with van der Waals surface area (Å²) in [5, 5.41) is 18.4. The third-order valence-corrected chi connectivity index (χ3v) is 4.35. The number of imidazole rings is 1. The Hall–Kier alpha value is -0.960. The molecule has 0 atom stereocenters. The third kappa shape index (κ3) is 3.08. The Labute approximate surface area is 106 Å². The molecule has 4 N–H and O–H groups in total. The fraction of sp³-hybridized carbons (Fsp3) is 0.700.